The summed E-state index contributed by atoms with van der Waals surface area (Å²) in [5.41, 5.74) is 2.68. The third-order valence-corrected chi connectivity index (χ3v) is 7.65. The summed E-state index contributed by atoms with van der Waals surface area (Å²) in [6.07, 6.45) is 17.0. The fourth-order valence-corrected chi connectivity index (χ4v) is 6.68. The number of allylic oxidation sites excluding steroid dienone is 4. The van der Waals surface area contributed by atoms with Crippen molar-refractivity contribution in [3.05, 3.63) is 59.1 Å². The van der Waals surface area contributed by atoms with Gasteiger partial charge in [0.25, 0.3) is 0 Å². The van der Waals surface area contributed by atoms with Gasteiger partial charge in [-0.3, -0.25) is 0 Å². The van der Waals surface area contributed by atoms with Gasteiger partial charge in [0, 0.05) is 17.4 Å². The van der Waals surface area contributed by atoms with Crippen LogP contribution in [0.4, 0.5) is 0 Å². The molecule has 0 aromatic heterocycles. The fraction of sp³-hybridized carbons (Fsp3) is 0.560. The van der Waals surface area contributed by atoms with Crippen LogP contribution in [0.1, 0.15) is 65.2 Å². The second kappa shape index (κ2) is 6.23. The first-order chi connectivity index (χ1) is 13.6. The second-order valence-corrected chi connectivity index (χ2v) is 8.94. The highest BCUT2D eigenvalue weighted by Gasteiger charge is 2.70. The summed E-state index contributed by atoms with van der Waals surface area (Å²) >= 11 is 0. The standard InChI is InChI=1S/C25H30O3/c1-4-6-12-22-24-14-13-17(15-20(24)16(3)27-22)25(21(24)9-5-2)19-11-8-7-10-18(19)23(26)28-25/h7,10,12,15,17,21H,3-6,8-9,11,13-14H2,1-2H3/b22-12-/t17-,21+,24+,25?/m0/s1. The second-order valence-electron chi connectivity index (χ2n) is 8.94. The van der Waals surface area contributed by atoms with Crippen molar-refractivity contribution >= 4 is 5.97 Å². The molecule has 4 aliphatic carbocycles. The quantitative estimate of drug-likeness (QED) is 0.571. The number of fused-ring (bicyclic) bond motifs is 1. The first-order valence-electron chi connectivity index (χ1n) is 11.0. The van der Waals surface area contributed by atoms with Crippen LogP contribution >= 0.6 is 0 Å². The van der Waals surface area contributed by atoms with Gasteiger partial charge >= 0.3 is 5.97 Å². The number of esters is 1. The van der Waals surface area contributed by atoms with Crippen molar-refractivity contribution < 1.29 is 14.3 Å². The van der Waals surface area contributed by atoms with Gasteiger partial charge in [0.1, 0.15) is 17.1 Å². The van der Waals surface area contributed by atoms with Crippen LogP contribution in [0.25, 0.3) is 0 Å². The summed E-state index contributed by atoms with van der Waals surface area (Å²) in [6, 6.07) is 0. The number of ether oxygens (including phenoxy) is 2. The normalized spacial score (nSPS) is 39.4. The van der Waals surface area contributed by atoms with Crippen molar-refractivity contribution in [3.63, 3.8) is 0 Å². The minimum Gasteiger partial charge on any atom is -0.461 e. The van der Waals surface area contributed by atoms with Crippen molar-refractivity contribution in [2.45, 2.75) is 70.8 Å². The van der Waals surface area contributed by atoms with E-state index in [0.717, 1.165) is 68.5 Å². The zero-order chi connectivity index (χ0) is 19.5. The highest BCUT2D eigenvalue weighted by molar-refractivity contribution is 5.96. The first-order valence-corrected chi connectivity index (χ1v) is 11.0. The molecular weight excluding hydrogens is 348 g/mol. The molecule has 4 atom stereocenters. The van der Waals surface area contributed by atoms with E-state index in [2.05, 4.69) is 38.7 Å². The van der Waals surface area contributed by atoms with Crippen LogP contribution in [-0.4, -0.2) is 11.6 Å². The van der Waals surface area contributed by atoms with Gasteiger partial charge in [0.2, 0.25) is 0 Å². The smallest absolute Gasteiger partial charge is 0.339 e. The van der Waals surface area contributed by atoms with Gasteiger partial charge in [-0.1, -0.05) is 51.5 Å². The van der Waals surface area contributed by atoms with Crippen molar-refractivity contribution in [3.8, 4) is 0 Å². The SMILES string of the molecule is C=C1O/C(=C\CCC)[C@]23CC[C@@H](C=C12)C1(OC(=O)C2=C1CCC=C2)[C@@H]3CCC. The van der Waals surface area contributed by atoms with Crippen molar-refractivity contribution in [2.24, 2.45) is 17.3 Å². The molecule has 1 saturated heterocycles. The molecule has 6 rings (SSSR count). The van der Waals surface area contributed by atoms with Crippen LogP contribution in [0.2, 0.25) is 0 Å². The molecule has 0 amide bonds. The lowest BCUT2D eigenvalue weighted by molar-refractivity contribution is -0.170. The summed E-state index contributed by atoms with van der Waals surface area (Å²) in [5.74, 6) is 2.22. The lowest BCUT2D eigenvalue weighted by atomic mass is 9.46. The molecule has 0 N–H and O–H groups in total. The Morgan fingerprint density at radius 1 is 1.32 bits per heavy atom. The molecule has 0 aromatic rings. The Labute approximate surface area is 167 Å². The first kappa shape index (κ1) is 18.0. The van der Waals surface area contributed by atoms with E-state index in [4.69, 9.17) is 9.47 Å². The molecular formula is C25H30O3. The molecule has 0 aromatic carbocycles. The summed E-state index contributed by atoms with van der Waals surface area (Å²) in [6.45, 7) is 8.69. The van der Waals surface area contributed by atoms with E-state index >= 15 is 0 Å². The van der Waals surface area contributed by atoms with E-state index < -0.39 is 5.60 Å². The molecule has 2 heterocycles. The van der Waals surface area contributed by atoms with Crippen LogP contribution in [0.5, 0.6) is 0 Å². The number of hydrogen-bond donors (Lipinski definition) is 0. The summed E-state index contributed by atoms with van der Waals surface area (Å²) < 4.78 is 12.7. The number of carbonyl (C=O) groups is 1. The van der Waals surface area contributed by atoms with E-state index in [1.54, 1.807) is 0 Å². The molecule has 2 spiro atoms. The predicted octanol–water partition coefficient (Wildman–Crippen LogP) is 5.91. The van der Waals surface area contributed by atoms with Crippen LogP contribution in [0.15, 0.2) is 59.1 Å². The predicted molar refractivity (Wildman–Crippen MR) is 109 cm³/mol. The maximum atomic E-state index is 12.9. The zero-order valence-electron chi connectivity index (χ0n) is 17.1. The maximum Gasteiger partial charge on any atom is 0.339 e. The van der Waals surface area contributed by atoms with E-state index in [0.29, 0.717) is 0 Å². The van der Waals surface area contributed by atoms with Crippen molar-refractivity contribution in [1.29, 1.82) is 0 Å². The molecule has 6 aliphatic rings. The van der Waals surface area contributed by atoms with Crippen LogP contribution in [-0.2, 0) is 14.3 Å². The lowest BCUT2D eigenvalue weighted by Gasteiger charge is -2.58. The number of carbonyl (C=O) groups excluding carboxylic acids is 1. The van der Waals surface area contributed by atoms with Crippen LogP contribution < -0.4 is 0 Å². The van der Waals surface area contributed by atoms with Crippen molar-refractivity contribution in [2.75, 3.05) is 0 Å². The molecule has 2 bridgehead atoms. The van der Waals surface area contributed by atoms with E-state index in [9.17, 15) is 4.79 Å². The zero-order valence-corrected chi connectivity index (χ0v) is 17.1. The molecule has 3 heteroatoms. The number of rotatable bonds is 4. The van der Waals surface area contributed by atoms with Gasteiger partial charge in [-0.05, 0) is 50.2 Å². The molecule has 3 nitrogen and oxygen atoms in total. The Balaban J connectivity index is 1.74. The largest absolute Gasteiger partial charge is 0.461 e. The topological polar surface area (TPSA) is 35.5 Å². The molecule has 2 aliphatic heterocycles. The molecule has 28 heavy (non-hydrogen) atoms. The van der Waals surface area contributed by atoms with E-state index in [-0.39, 0.29) is 23.2 Å². The van der Waals surface area contributed by atoms with Crippen LogP contribution in [0.3, 0.4) is 0 Å². The third-order valence-electron chi connectivity index (χ3n) is 7.65. The van der Waals surface area contributed by atoms with E-state index in [1.807, 2.05) is 6.08 Å². The minimum atomic E-state index is -0.492. The fourth-order valence-electron chi connectivity index (χ4n) is 6.68. The molecule has 148 valence electrons. The third kappa shape index (κ3) is 2.03. The Kier molecular flexibility index (Phi) is 4.01. The number of unbranched alkanes of at least 4 members (excludes halogenated alkanes) is 1. The van der Waals surface area contributed by atoms with Gasteiger partial charge in [0.15, 0.2) is 0 Å². The molecule has 0 radical (unpaired) electrons. The monoisotopic (exact) mass is 378 g/mol. The number of hydrogen-bond acceptors (Lipinski definition) is 3. The Morgan fingerprint density at radius 3 is 2.96 bits per heavy atom. The van der Waals surface area contributed by atoms with Gasteiger partial charge < -0.3 is 9.47 Å². The summed E-state index contributed by atoms with van der Waals surface area (Å²) in [7, 11) is 0. The van der Waals surface area contributed by atoms with Gasteiger partial charge in [-0.15, -0.1) is 0 Å². The summed E-state index contributed by atoms with van der Waals surface area (Å²) in [4.78, 5) is 12.9. The highest BCUT2D eigenvalue weighted by Crippen LogP contribution is 2.71. The summed E-state index contributed by atoms with van der Waals surface area (Å²) in [5, 5.41) is 0. The average Bonchev–Trinajstić information content (AvgIpc) is 3.16. The van der Waals surface area contributed by atoms with Crippen LogP contribution in [0, 0.1) is 17.3 Å². The van der Waals surface area contributed by atoms with Gasteiger partial charge in [-0.25, -0.2) is 4.79 Å². The maximum absolute atomic E-state index is 12.9. The van der Waals surface area contributed by atoms with Crippen molar-refractivity contribution in [1.82, 2.24) is 0 Å². The minimum absolute atomic E-state index is 0.122. The lowest BCUT2D eigenvalue weighted by Crippen LogP contribution is -2.60. The Bertz CT molecular complexity index is 870. The molecule has 1 unspecified atom stereocenters. The molecule has 2 fully saturated rings. The van der Waals surface area contributed by atoms with Gasteiger partial charge in [0.05, 0.1) is 11.0 Å². The Hall–Kier alpha value is -2.03. The Morgan fingerprint density at radius 2 is 2.18 bits per heavy atom. The average molecular weight is 379 g/mol. The van der Waals surface area contributed by atoms with Gasteiger partial charge in [-0.2, -0.15) is 0 Å². The highest BCUT2D eigenvalue weighted by atomic mass is 16.6. The molecule has 1 saturated carbocycles. The van der Waals surface area contributed by atoms with E-state index in [1.165, 1.54) is 11.1 Å².